The maximum absolute atomic E-state index is 11.6. The first-order chi connectivity index (χ1) is 7.40. The molecule has 0 aliphatic carbocycles. The van der Waals surface area contributed by atoms with Gasteiger partial charge >= 0.3 is 12.0 Å². The highest BCUT2D eigenvalue weighted by molar-refractivity contribution is 5.79. The number of amides is 2. The maximum atomic E-state index is 11.6. The van der Waals surface area contributed by atoms with Crippen molar-refractivity contribution < 1.29 is 14.7 Å². The lowest BCUT2D eigenvalue weighted by atomic mass is 10.0. The summed E-state index contributed by atoms with van der Waals surface area (Å²) >= 11 is 0. The number of carbonyl (C=O) groups excluding carboxylic acids is 1. The second kappa shape index (κ2) is 5.16. The van der Waals surface area contributed by atoms with E-state index in [0.717, 1.165) is 6.54 Å². The van der Waals surface area contributed by atoms with E-state index in [1.165, 1.54) is 4.90 Å². The monoisotopic (exact) mass is 229 g/mol. The molecule has 0 aromatic rings. The highest BCUT2D eigenvalue weighted by Gasteiger charge is 2.35. The van der Waals surface area contributed by atoms with Gasteiger partial charge in [-0.3, -0.25) is 4.79 Å². The number of likely N-dealkylation sites (N-methyl/N-ethyl adjacent to an activating group) is 1. The Morgan fingerprint density at radius 3 is 2.50 bits per heavy atom. The second-order valence-corrected chi connectivity index (χ2v) is 4.55. The highest BCUT2D eigenvalue weighted by Crippen LogP contribution is 2.15. The van der Waals surface area contributed by atoms with Crippen LogP contribution in [-0.2, 0) is 4.79 Å². The predicted molar refractivity (Wildman–Crippen MR) is 59.2 cm³/mol. The molecule has 0 radical (unpaired) electrons. The Balaban J connectivity index is 2.25. The standard InChI is InChI=1S/C10H19N3O3/c1-7(4-12(2)3)11-10(16)13-5-8(6-13)9(14)15/h7-8H,4-6H2,1-3H3,(H,11,16)(H,14,15). The molecular formula is C10H19N3O3. The summed E-state index contributed by atoms with van der Waals surface area (Å²) in [6, 6.07) is -0.113. The minimum absolute atomic E-state index is 0.0615. The van der Waals surface area contributed by atoms with Crippen LogP contribution in [0.5, 0.6) is 0 Å². The quantitative estimate of drug-likeness (QED) is 0.692. The molecule has 0 spiro atoms. The van der Waals surface area contributed by atoms with Crippen molar-refractivity contribution in [1.82, 2.24) is 15.1 Å². The number of nitrogens with one attached hydrogen (secondary N) is 1. The Kier molecular flexibility index (Phi) is 4.12. The van der Waals surface area contributed by atoms with E-state index in [1.807, 2.05) is 25.9 Å². The summed E-state index contributed by atoms with van der Waals surface area (Å²) in [5.74, 6) is -1.22. The van der Waals surface area contributed by atoms with Gasteiger partial charge in [0.25, 0.3) is 0 Å². The second-order valence-electron chi connectivity index (χ2n) is 4.55. The van der Waals surface area contributed by atoms with Crippen LogP contribution in [0.1, 0.15) is 6.92 Å². The number of rotatable bonds is 4. The molecule has 1 heterocycles. The molecule has 0 aromatic carbocycles. The Hall–Kier alpha value is -1.30. The summed E-state index contributed by atoms with van der Waals surface area (Å²) in [5, 5.41) is 11.5. The fourth-order valence-corrected chi connectivity index (χ4v) is 1.70. The van der Waals surface area contributed by atoms with Crippen LogP contribution in [0.15, 0.2) is 0 Å². The van der Waals surface area contributed by atoms with Crippen molar-refractivity contribution >= 4 is 12.0 Å². The van der Waals surface area contributed by atoms with Gasteiger partial charge in [-0.05, 0) is 21.0 Å². The number of likely N-dealkylation sites (tertiary alicyclic amines) is 1. The lowest BCUT2D eigenvalue weighted by Gasteiger charge is -2.37. The van der Waals surface area contributed by atoms with E-state index < -0.39 is 11.9 Å². The van der Waals surface area contributed by atoms with E-state index in [4.69, 9.17) is 5.11 Å². The third-order valence-corrected chi connectivity index (χ3v) is 2.53. The van der Waals surface area contributed by atoms with Crippen molar-refractivity contribution in [3.8, 4) is 0 Å². The molecule has 1 rings (SSSR count). The van der Waals surface area contributed by atoms with Gasteiger partial charge in [0.05, 0.1) is 5.92 Å². The molecule has 2 amide bonds. The molecule has 92 valence electrons. The van der Waals surface area contributed by atoms with E-state index in [-0.39, 0.29) is 12.1 Å². The van der Waals surface area contributed by atoms with Gasteiger partial charge in [0.1, 0.15) is 0 Å². The average molecular weight is 229 g/mol. The zero-order chi connectivity index (χ0) is 12.3. The number of urea groups is 1. The maximum Gasteiger partial charge on any atom is 0.317 e. The smallest absolute Gasteiger partial charge is 0.317 e. The van der Waals surface area contributed by atoms with Crippen molar-refractivity contribution in [3.63, 3.8) is 0 Å². The number of hydrogen-bond donors (Lipinski definition) is 2. The minimum Gasteiger partial charge on any atom is -0.481 e. The number of carbonyl (C=O) groups is 2. The summed E-state index contributed by atoms with van der Waals surface area (Å²) in [6.07, 6.45) is 0. The first kappa shape index (κ1) is 12.8. The Morgan fingerprint density at radius 2 is 2.06 bits per heavy atom. The number of carboxylic acid groups (broad SMARTS) is 1. The number of hydrogen-bond acceptors (Lipinski definition) is 3. The molecule has 6 nitrogen and oxygen atoms in total. The van der Waals surface area contributed by atoms with Crippen molar-refractivity contribution in [2.75, 3.05) is 33.7 Å². The largest absolute Gasteiger partial charge is 0.481 e. The molecular weight excluding hydrogens is 210 g/mol. The zero-order valence-corrected chi connectivity index (χ0v) is 9.93. The van der Waals surface area contributed by atoms with Crippen LogP contribution in [0.3, 0.4) is 0 Å². The topological polar surface area (TPSA) is 72.9 Å². The molecule has 1 saturated heterocycles. The van der Waals surface area contributed by atoms with E-state index in [2.05, 4.69) is 5.32 Å². The highest BCUT2D eigenvalue weighted by atomic mass is 16.4. The van der Waals surface area contributed by atoms with Crippen LogP contribution in [0, 0.1) is 5.92 Å². The summed E-state index contributed by atoms with van der Waals surface area (Å²) in [7, 11) is 3.87. The Bertz CT molecular complexity index is 274. The van der Waals surface area contributed by atoms with Gasteiger partial charge in [0.2, 0.25) is 0 Å². The third kappa shape index (κ3) is 3.37. The molecule has 2 N–H and O–H groups in total. The average Bonchev–Trinajstić information content (AvgIpc) is 1.96. The van der Waals surface area contributed by atoms with E-state index in [9.17, 15) is 9.59 Å². The van der Waals surface area contributed by atoms with E-state index in [0.29, 0.717) is 13.1 Å². The first-order valence-electron chi connectivity index (χ1n) is 5.33. The van der Waals surface area contributed by atoms with Crippen molar-refractivity contribution in [2.45, 2.75) is 13.0 Å². The van der Waals surface area contributed by atoms with Crippen LogP contribution in [0.4, 0.5) is 4.79 Å². The van der Waals surface area contributed by atoms with Gasteiger partial charge in [0, 0.05) is 25.7 Å². The summed E-state index contributed by atoms with van der Waals surface area (Å²) in [5.41, 5.74) is 0. The molecule has 0 saturated carbocycles. The number of nitrogens with zero attached hydrogens (tertiary/aromatic N) is 2. The summed E-state index contributed by atoms with van der Waals surface area (Å²) in [6.45, 7) is 3.32. The van der Waals surface area contributed by atoms with Gasteiger partial charge in [0.15, 0.2) is 0 Å². The van der Waals surface area contributed by atoms with Gasteiger partial charge in [-0.15, -0.1) is 0 Å². The van der Waals surface area contributed by atoms with Crippen molar-refractivity contribution in [2.24, 2.45) is 5.92 Å². The lowest BCUT2D eigenvalue weighted by molar-refractivity contribution is -0.146. The summed E-state index contributed by atoms with van der Waals surface area (Å²) < 4.78 is 0. The zero-order valence-electron chi connectivity index (χ0n) is 9.93. The normalized spacial score (nSPS) is 18.1. The molecule has 1 fully saturated rings. The number of carboxylic acids is 1. The molecule has 6 heteroatoms. The molecule has 1 atom stereocenters. The molecule has 0 aromatic heterocycles. The lowest BCUT2D eigenvalue weighted by Crippen LogP contribution is -2.58. The van der Waals surface area contributed by atoms with Gasteiger partial charge in [-0.1, -0.05) is 0 Å². The molecule has 1 aliphatic rings. The number of aliphatic carboxylic acids is 1. The SMILES string of the molecule is CC(CN(C)C)NC(=O)N1CC(C(=O)O)C1. The molecule has 1 aliphatic heterocycles. The van der Waals surface area contributed by atoms with Crippen LogP contribution in [0.25, 0.3) is 0 Å². The molecule has 16 heavy (non-hydrogen) atoms. The Labute approximate surface area is 95.2 Å². The van der Waals surface area contributed by atoms with E-state index >= 15 is 0 Å². The Morgan fingerprint density at radius 1 is 1.50 bits per heavy atom. The first-order valence-corrected chi connectivity index (χ1v) is 5.33. The van der Waals surface area contributed by atoms with Crippen LogP contribution in [-0.4, -0.2) is 66.7 Å². The van der Waals surface area contributed by atoms with Crippen LogP contribution < -0.4 is 5.32 Å². The predicted octanol–water partition coefficient (Wildman–Crippen LogP) is -0.337. The van der Waals surface area contributed by atoms with Crippen molar-refractivity contribution in [1.29, 1.82) is 0 Å². The van der Waals surface area contributed by atoms with Crippen LogP contribution in [0.2, 0.25) is 0 Å². The van der Waals surface area contributed by atoms with E-state index in [1.54, 1.807) is 0 Å². The van der Waals surface area contributed by atoms with Gasteiger partial charge < -0.3 is 20.2 Å². The third-order valence-electron chi connectivity index (χ3n) is 2.53. The van der Waals surface area contributed by atoms with Crippen molar-refractivity contribution in [3.05, 3.63) is 0 Å². The van der Waals surface area contributed by atoms with Gasteiger partial charge in [-0.25, -0.2) is 4.79 Å². The minimum atomic E-state index is -0.828. The van der Waals surface area contributed by atoms with Gasteiger partial charge in [-0.2, -0.15) is 0 Å². The molecule has 1 unspecified atom stereocenters. The molecule has 0 bridgehead atoms. The fraction of sp³-hybridized carbons (Fsp3) is 0.800. The van der Waals surface area contributed by atoms with Crippen LogP contribution >= 0.6 is 0 Å². The fourth-order valence-electron chi connectivity index (χ4n) is 1.70. The summed E-state index contributed by atoms with van der Waals surface area (Å²) in [4.78, 5) is 25.6.